The fourth-order valence-corrected chi connectivity index (χ4v) is 1.79. The van der Waals surface area contributed by atoms with E-state index in [2.05, 4.69) is 50.7 Å². The molecule has 0 unspecified atom stereocenters. The molecule has 86 valence electrons. The molecule has 0 aliphatic carbocycles. The molecule has 0 spiro atoms. The predicted octanol–water partition coefficient (Wildman–Crippen LogP) is 3.38. The highest BCUT2D eigenvalue weighted by molar-refractivity contribution is 5.79. The van der Waals surface area contributed by atoms with Crippen LogP contribution in [0.5, 0.6) is 0 Å². The number of H-pyrrole nitrogens is 1. The van der Waals surface area contributed by atoms with Crippen LogP contribution in [0.4, 0.5) is 0 Å². The minimum Gasteiger partial charge on any atom is -0.346 e. The first-order valence-electron chi connectivity index (χ1n) is 5.75. The molecule has 1 N–H and O–H groups in total. The Morgan fingerprint density at radius 1 is 1.19 bits per heavy atom. The van der Waals surface area contributed by atoms with Gasteiger partial charge in [-0.05, 0) is 6.07 Å². The van der Waals surface area contributed by atoms with E-state index in [-0.39, 0.29) is 5.41 Å². The quantitative estimate of drug-likeness (QED) is 0.795. The average Bonchev–Trinajstić information content (AvgIpc) is 2.61. The molecular weight excluding hydrogens is 198 g/mol. The third-order valence-electron chi connectivity index (χ3n) is 2.66. The van der Waals surface area contributed by atoms with Crippen molar-refractivity contribution in [1.82, 2.24) is 15.0 Å². The maximum atomic E-state index is 4.71. The fraction of sp³-hybridized carbons (Fsp3) is 0.538. The van der Waals surface area contributed by atoms with E-state index in [0.29, 0.717) is 5.92 Å². The molecule has 0 saturated heterocycles. The molecule has 0 amide bonds. The molecule has 2 heterocycles. The van der Waals surface area contributed by atoms with Crippen LogP contribution in [0.1, 0.15) is 52.1 Å². The zero-order valence-corrected chi connectivity index (χ0v) is 10.6. The Morgan fingerprint density at radius 2 is 1.88 bits per heavy atom. The topological polar surface area (TPSA) is 41.6 Å². The third-order valence-corrected chi connectivity index (χ3v) is 2.66. The van der Waals surface area contributed by atoms with Gasteiger partial charge in [0.2, 0.25) is 0 Å². The van der Waals surface area contributed by atoms with Crippen LogP contribution in [0.3, 0.4) is 0 Å². The van der Waals surface area contributed by atoms with Crippen LogP contribution in [0, 0.1) is 0 Å². The van der Waals surface area contributed by atoms with E-state index in [0.717, 1.165) is 22.6 Å². The van der Waals surface area contributed by atoms with Gasteiger partial charge in [-0.1, -0.05) is 34.6 Å². The Bertz CT molecular complexity index is 503. The lowest BCUT2D eigenvalue weighted by Gasteiger charge is -2.20. The van der Waals surface area contributed by atoms with Crippen molar-refractivity contribution in [2.24, 2.45) is 0 Å². The summed E-state index contributed by atoms with van der Waals surface area (Å²) in [5, 5.41) is 1.14. The number of aromatic nitrogens is 3. The first-order valence-corrected chi connectivity index (χ1v) is 5.75. The summed E-state index contributed by atoms with van der Waals surface area (Å²) in [6.45, 7) is 10.8. The summed E-state index contributed by atoms with van der Waals surface area (Å²) in [5.41, 5.74) is 2.12. The van der Waals surface area contributed by atoms with Crippen molar-refractivity contribution >= 4 is 11.0 Å². The minimum atomic E-state index is 0.0486. The maximum absolute atomic E-state index is 4.71. The predicted molar refractivity (Wildman–Crippen MR) is 66.7 cm³/mol. The normalized spacial score (nSPS) is 12.6. The largest absolute Gasteiger partial charge is 0.346 e. The summed E-state index contributed by atoms with van der Waals surface area (Å²) in [5.74, 6) is 1.27. The Balaban J connectivity index is 2.74. The van der Waals surface area contributed by atoms with E-state index < -0.39 is 0 Å². The van der Waals surface area contributed by atoms with Crippen LogP contribution >= 0.6 is 0 Å². The molecular formula is C13H19N3. The Morgan fingerprint density at radius 3 is 2.44 bits per heavy atom. The molecule has 0 aromatic carbocycles. The maximum Gasteiger partial charge on any atom is 0.141 e. The zero-order chi connectivity index (χ0) is 11.9. The Labute approximate surface area is 96.3 Å². The first-order chi connectivity index (χ1) is 7.39. The molecule has 2 aromatic rings. The highest BCUT2D eigenvalue weighted by Crippen LogP contribution is 2.28. The van der Waals surface area contributed by atoms with E-state index >= 15 is 0 Å². The van der Waals surface area contributed by atoms with Crippen molar-refractivity contribution in [3.63, 3.8) is 0 Å². The smallest absolute Gasteiger partial charge is 0.141 e. The lowest BCUT2D eigenvalue weighted by atomic mass is 9.90. The van der Waals surface area contributed by atoms with Crippen LogP contribution in [-0.4, -0.2) is 15.0 Å². The summed E-state index contributed by atoms with van der Waals surface area (Å²) in [6.07, 6.45) is 1.93. The van der Waals surface area contributed by atoms with Crippen molar-refractivity contribution in [2.45, 2.75) is 46.0 Å². The monoisotopic (exact) mass is 217 g/mol. The van der Waals surface area contributed by atoms with Crippen molar-refractivity contribution in [1.29, 1.82) is 0 Å². The molecule has 3 nitrogen and oxygen atoms in total. The number of rotatable bonds is 1. The van der Waals surface area contributed by atoms with Crippen molar-refractivity contribution < 1.29 is 0 Å². The van der Waals surface area contributed by atoms with Gasteiger partial charge in [0.1, 0.15) is 11.5 Å². The van der Waals surface area contributed by atoms with Gasteiger partial charge in [0, 0.05) is 22.9 Å². The Kier molecular flexibility index (Phi) is 2.49. The van der Waals surface area contributed by atoms with Gasteiger partial charge in [0.25, 0.3) is 0 Å². The Hall–Kier alpha value is -1.38. The number of aromatic amines is 1. The second-order valence-electron chi connectivity index (χ2n) is 5.58. The van der Waals surface area contributed by atoms with E-state index in [1.807, 2.05) is 6.20 Å². The van der Waals surface area contributed by atoms with Gasteiger partial charge in [-0.25, -0.2) is 9.97 Å². The molecule has 2 aromatic heterocycles. The lowest BCUT2D eigenvalue weighted by molar-refractivity contribution is 0.566. The van der Waals surface area contributed by atoms with E-state index in [4.69, 9.17) is 4.98 Å². The van der Waals surface area contributed by atoms with Crippen LogP contribution in [-0.2, 0) is 5.41 Å². The molecule has 16 heavy (non-hydrogen) atoms. The molecule has 0 bridgehead atoms. The number of hydrogen-bond acceptors (Lipinski definition) is 2. The average molecular weight is 217 g/mol. The van der Waals surface area contributed by atoms with Gasteiger partial charge in [0.15, 0.2) is 0 Å². The van der Waals surface area contributed by atoms with Crippen LogP contribution in [0.25, 0.3) is 11.0 Å². The molecule has 0 saturated carbocycles. The number of nitrogens with one attached hydrogen (secondary N) is 1. The number of hydrogen-bond donors (Lipinski definition) is 1. The van der Waals surface area contributed by atoms with Gasteiger partial charge >= 0.3 is 0 Å². The van der Waals surface area contributed by atoms with E-state index in [9.17, 15) is 0 Å². The van der Waals surface area contributed by atoms with Gasteiger partial charge in [-0.2, -0.15) is 0 Å². The van der Waals surface area contributed by atoms with Crippen molar-refractivity contribution in [3.05, 3.63) is 23.8 Å². The fourth-order valence-electron chi connectivity index (χ4n) is 1.79. The summed E-state index contributed by atoms with van der Waals surface area (Å²) >= 11 is 0. The van der Waals surface area contributed by atoms with Gasteiger partial charge < -0.3 is 4.98 Å². The van der Waals surface area contributed by atoms with Crippen molar-refractivity contribution in [3.8, 4) is 0 Å². The highest BCUT2D eigenvalue weighted by Gasteiger charge is 2.21. The molecule has 3 heteroatoms. The van der Waals surface area contributed by atoms with Crippen LogP contribution < -0.4 is 0 Å². The van der Waals surface area contributed by atoms with E-state index in [1.165, 1.54) is 0 Å². The standard InChI is InChI=1S/C13H19N3/c1-8(2)11-15-10(13(3,4)5)9-6-7-14-12(9)16-11/h6-8H,1-5H3,(H,14,15,16). The van der Waals surface area contributed by atoms with Crippen LogP contribution in [0.15, 0.2) is 12.3 Å². The number of fused-ring (bicyclic) bond motifs is 1. The highest BCUT2D eigenvalue weighted by atomic mass is 15.0. The summed E-state index contributed by atoms with van der Waals surface area (Å²) < 4.78 is 0. The van der Waals surface area contributed by atoms with E-state index in [1.54, 1.807) is 0 Å². The molecule has 0 atom stereocenters. The van der Waals surface area contributed by atoms with Gasteiger partial charge in [0.05, 0.1) is 5.69 Å². The second-order valence-corrected chi connectivity index (χ2v) is 5.58. The first kappa shape index (κ1) is 11.1. The van der Waals surface area contributed by atoms with Gasteiger partial charge in [-0.3, -0.25) is 0 Å². The molecule has 0 fully saturated rings. The summed E-state index contributed by atoms with van der Waals surface area (Å²) in [6, 6.07) is 2.06. The molecule has 2 rings (SSSR count). The van der Waals surface area contributed by atoms with Gasteiger partial charge in [-0.15, -0.1) is 0 Å². The molecule has 0 aliphatic rings. The second kappa shape index (κ2) is 3.58. The third kappa shape index (κ3) is 1.82. The molecule has 0 radical (unpaired) electrons. The lowest BCUT2D eigenvalue weighted by Crippen LogP contribution is -2.16. The zero-order valence-electron chi connectivity index (χ0n) is 10.6. The number of nitrogens with zero attached hydrogens (tertiary/aromatic N) is 2. The SMILES string of the molecule is CC(C)c1nc(C(C)(C)C)c2cc[nH]c2n1. The minimum absolute atomic E-state index is 0.0486. The molecule has 0 aliphatic heterocycles. The van der Waals surface area contributed by atoms with Crippen molar-refractivity contribution in [2.75, 3.05) is 0 Å². The van der Waals surface area contributed by atoms with Crippen LogP contribution in [0.2, 0.25) is 0 Å². The summed E-state index contributed by atoms with van der Waals surface area (Å²) in [7, 11) is 0. The summed E-state index contributed by atoms with van der Waals surface area (Å²) in [4.78, 5) is 12.4.